The van der Waals surface area contributed by atoms with E-state index in [1.54, 1.807) is 91.0 Å². The first-order valence-corrected chi connectivity index (χ1v) is 12.4. The van der Waals surface area contributed by atoms with E-state index in [2.05, 4.69) is 0 Å². The monoisotopic (exact) mass is 520 g/mol. The number of hydrogen-bond donors (Lipinski definition) is 0. The molecule has 190 valence electrons. The van der Waals surface area contributed by atoms with Crippen LogP contribution in [0.1, 0.15) is 38.0 Å². The fraction of sp³-hybridized carbons (Fsp3) is 0.214. The molecule has 1 unspecified atom stereocenters. The van der Waals surface area contributed by atoms with Crippen molar-refractivity contribution in [3.8, 4) is 0 Å². The Kier molecular flexibility index (Phi) is 8.58. The fourth-order valence-corrected chi connectivity index (χ4v) is 5.11. The van der Waals surface area contributed by atoms with Crippen LogP contribution in [0.2, 0.25) is 0 Å². The van der Waals surface area contributed by atoms with Crippen molar-refractivity contribution in [3.63, 3.8) is 0 Å². The summed E-state index contributed by atoms with van der Waals surface area (Å²) in [7, 11) is 0. The lowest BCUT2D eigenvalue weighted by Gasteiger charge is -2.25. The molecule has 9 heteroatoms. The SMILES string of the molecule is CC(=O)OC1S[C@@H](COC(=O)c2ccccc2)[C@@H](OC(=O)c2ccccc2)[C@@H]1OC(=O)c1ccccc1. The van der Waals surface area contributed by atoms with Crippen LogP contribution in [0.4, 0.5) is 0 Å². The molecule has 0 bridgehead atoms. The van der Waals surface area contributed by atoms with Crippen LogP contribution in [0.25, 0.3) is 0 Å². The third-order valence-corrected chi connectivity index (χ3v) is 6.83. The molecule has 1 fully saturated rings. The highest BCUT2D eigenvalue weighted by molar-refractivity contribution is 8.00. The zero-order chi connectivity index (χ0) is 26.2. The van der Waals surface area contributed by atoms with Crippen molar-refractivity contribution in [2.24, 2.45) is 0 Å². The van der Waals surface area contributed by atoms with E-state index in [-0.39, 0.29) is 17.7 Å². The predicted molar refractivity (Wildman–Crippen MR) is 135 cm³/mol. The smallest absolute Gasteiger partial charge is 0.338 e. The summed E-state index contributed by atoms with van der Waals surface area (Å²) >= 11 is 1.09. The Morgan fingerprint density at radius 1 is 0.622 bits per heavy atom. The van der Waals surface area contributed by atoms with Gasteiger partial charge in [-0.25, -0.2) is 14.4 Å². The summed E-state index contributed by atoms with van der Waals surface area (Å²) in [6.45, 7) is 1.05. The highest BCUT2D eigenvalue weighted by atomic mass is 32.2. The lowest BCUT2D eigenvalue weighted by molar-refractivity contribution is -0.148. The minimum atomic E-state index is -1.14. The van der Waals surface area contributed by atoms with Crippen LogP contribution in [0.5, 0.6) is 0 Å². The molecule has 1 heterocycles. The molecular formula is C28H24O8S. The molecule has 1 saturated heterocycles. The second kappa shape index (κ2) is 12.2. The van der Waals surface area contributed by atoms with Crippen molar-refractivity contribution in [1.82, 2.24) is 0 Å². The molecular weight excluding hydrogens is 496 g/mol. The number of ether oxygens (including phenoxy) is 4. The normalized spacial score (nSPS) is 20.5. The second-order valence-electron chi connectivity index (χ2n) is 8.09. The minimum absolute atomic E-state index is 0.178. The molecule has 8 nitrogen and oxygen atoms in total. The fourth-order valence-electron chi connectivity index (χ4n) is 3.70. The first-order chi connectivity index (χ1) is 17.9. The quantitative estimate of drug-likeness (QED) is 0.317. The molecule has 4 atom stereocenters. The van der Waals surface area contributed by atoms with Crippen molar-refractivity contribution in [3.05, 3.63) is 108 Å². The van der Waals surface area contributed by atoms with Crippen molar-refractivity contribution in [2.75, 3.05) is 6.61 Å². The van der Waals surface area contributed by atoms with Crippen LogP contribution in [0, 0.1) is 0 Å². The van der Waals surface area contributed by atoms with Crippen LogP contribution in [-0.2, 0) is 23.7 Å². The molecule has 0 saturated carbocycles. The minimum Gasteiger partial charge on any atom is -0.461 e. The lowest BCUT2D eigenvalue weighted by atomic mass is 10.1. The van der Waals surface area contributed by atoms with Crippen molar-refractivity contribution < 1.29 is 38.1 Å². The molecule has 4 rings (SSSR count). The molecule has 0 radical (unpaired) electrons. The van der Waals surface area contributed by atoms with Crippen LogP contribution < -0.4 is 0 Å². The topological polar surface area (TPSA) is 105 Å². The third kappa shape index (κ3) is 6.77. The van der Waals surface area contributed by atoms with Gasteiger partial charge >= 0.3 is 23.9 Å². The Hall–Kier alpha value is -4.11. The molecule has 0 aromatic heterocycles. The number of esters is 4. The van der Waals surface area contributed by atoms with E-state index in [1.165, 1.54) is 6.92 Å². The molecule has 0 spiro atoms. The molecule has 37 heavy (non-hydrogen) atoms. The van der Waals surface area contributed by atoms with Crippen LogP contribution in [0.3, 0.4) is 0 Å². The van der Waals surface area contributed by atoms with Gasteiger partial charge in [-0.05, 0) is 36.4 Å². The van der Waals surface area contributed by atoms with Gasteiger partial charge in [0.15, 0.2) is 17.6 Å². The Bertz CT molecular complexity index is 1230. The Labute approximate surface area is 217 Å². The van der Waals surface area contributed by atoms with Gasteiger partial charge < -0.3 is 18.9 Å². The van der Waals surface area contributed by atoms with Gasteiger partial charge in [-0.2, -0.15) is 0 Å². The zero-order valence-electron chi connectivity index (χ0n) is 19.9. The number of rotatable bonds is 8. The van der Waals surface area contributed by atoms with Gasteiger partial charge in [0.1, 0.15) is 6.61 Å². The first kappa shape index (κ1) is 26.0. The van der Waals surface area contributed by atoms with E-state index in [0.717, 1.165) is 11.8 Å². The van der Waals surface area contributed by atoms with Gasteiger partial charge in [0.25, 0.3) is 0 Å². The first-order valence-electron chi connectivity index (χ1n) is 11.5. The van der Waals surface area contributed by atoms with Crippen molar-refractivity contribution in [1.29, 1.82) is 0 Å². The van der Waals surface area contributed by atoms with E-state index in [0.29, 0.717) is 5.56 Å². The Morgan fingerprint density at radius 3 is 1.51 bits per heavy atom. The molecule has 0 aliphatic carbocycles. The molecule has 1 aliphatic heterocycles. The molecule has 0 amide bonds. The van der Waals surface area contributed by atoms with Gasteiger partial charge in [-0.15, -0.1) is 11.8 Å². The largest absolute Gasteiger partial charge is 0.461 e. The van der Waals surface area contributed by atoms with E-state index < -0.39 is 46.8 Å². The lowest BCUT2D eigenvalue weighted by Crippen LogP contribution is -2.42. The summed E-state index contributed by atoms with van der Waals surface area (Å²) in [6.07, 6.45) is -2.21. The molecule has 0 N–H and O–H groups in total. The number of hydrogen-bond acceptors (Lipinski definition) is 9. The number of thioether (sulfide) groups is 1. The summed E-state index contributed by atoms with van der Waals surface area (Å²) in [5.41, 5.74) is -0.0659. The van der Waals surface area contributed by atoms with Gasteiger partial charge in [0, 0.05) is 6.92 Å². The Morgan fingerprint density at radius 2 is 1.05 bits per heavy atom. The van der Waals surface area contributed by atoms with E-state index >= 15 is 0 Å². The van der Waals surface area contributed by atoms with E-state index in [4.69, 9.17) is 18.9 Å². The summed E-state index contributed by atoms with van der Waals surface area (Å²) in [5.74, 6) is -2.50. The summed E-state index contributed by atoms with van der Waals surface area (Å²) in [5, 5.41) is -0.682. The highest BCUT2D eigenvalue weighted by Crippen LogP contribution is 2.40. The molecule has 3 aromatic carbocycles. The maximum absolute atomic E-state index is 12.9. The summed E-state index contributed by atoms with van der Waals surface area (Å²) < 4.78 is 22.4. The molecule has 1 aliphatic rings. The predicted octanol–water partition coefficient (Wildman–Crippen LogP) is 4.30. The maximum atomic E-state index is 12.9. The number of carbonyl (C=O) groups excluding carboxylic acids is 4. The average Bonchev–Trinajstić information content (AvgIpc) is 3.23. The number of carbonyl (C=O) groups is 4. The standard InChI is InChI=1S/C28H24O8S/c1-18(29)34-28-24(36-27(32)21-15-9-4-10-16-21)23(35-26(31)20-13-7-3-8-14-20)22(37-28)17-33-25(30)19-11-5-2-6-12-19/h2-16,22-24,28H,17H2,1H3/t22-,23+,24-,28?/m0/s1. The second-order valence-corrected chi connectivity index (χ2v) is 9.43. The van der Waals surface area contributed by atoms with Crippen LogP contribution >= 0.6 is 11.8 Å². The Balaban J connectivity index is 1.58. The third-order valence-electron chi connectivity index (χ3n) is 5.44. The summed E-state index contributed by atoms with van der Waals surface area (Å²) in [4.78, 5) is 50.2. The van der Waals surface area contributed by atoms with Gasteiger partial charge in [-0.3, -0.25) is 4.79 Å². The van der Waals surface area contributed by atoms with Gasteiger partial charge in [0.05, 0.1) is 21.9 Å². The van der Waals surface area contributed by atoms with Crippen LogP contribution in [0.15, 0.2) is 91.0 Å². The number of benzene rings is 3. The van der Waals surface area contributed by atoms with Gasteiger partial charge in [0.2, 0.25) is 0 Å². The van der Waals surface area contributed by atoms with E-state index in [9.17, 15) is 19.2 Å². The maximum Gasteiger partial charge on any atom is 0.338 e. The van der Waals surface area contributed by atoms with Crippen molar-refractivity contribution in [2.45, 2.75) is 29.8 Å². The van der Waals surface area contributed by atoms with E-state index in [1.807, 2.05) is 0 Å². The highest BCUT2D eigenvalue weighted by Gasteiger charge is 2.51. The molecule has 3 aromatic rings. The van der Waals surface area contributed by atoms with Crippen LogP contribution in [-0.4, -0.2) is 53.4 Å². The zero-order valence-corrected chi connectivity index (χ0v) is 20.7. The summed E-state index contributed by atoms with van der Waals surface area (Å²) in [6, 6.07) is 25.0. The van der Waals surface area contributed by atoms with Crippen molar-refractivity contribution >= 4 is 35.6 Å². The van der Waals surface area contributed by atoms with Gasteiger partial charge in [-0.1, -0.05) is 54.6 Å². The average molecular weight is 521 g/mol.